The summed E-state index contributed by atoms with van der Waals surface area (Å²) in [6.45, 7) is 1.75. The Labute approximate surface area is 68.5 Å². The minimum absolute atomic E-state index is 0.108. The first kappa shape index (κ1) is 6.97. The first-order valence-electron chi connectivity index (χ1n) is 3.65. The highest BCUT2D eigenvalue weighted by Gasteiger charge is 2.06. The molecular formula is C8H8N3O+. The van der Waals surface area contributed by atoms with Crippen LogP contribution in [0.2, 0.25) is 0 Å². The van der Waals surface area contributed by atoms with E-state index in [2.05, 4.69) is 10.1 Å². The number of nitrogens with one attached hydrogen (secondary N) is 1. The molecule has 1 N–H and O–H groups in total. The molecule has 4 heteroatoms. The van der Waals surface area contributed by atoms with Crippen LogP contribution in [-0.2, 0) is 0 Å². The van der Waals surface area contributed by atoms with E-state index in [1.54, 1.807) is 23.7 Å². The molecule has 0 bridgehead atoms. The van der Waals surface area contributed by atoms with Gasteiger partial charge in [0.15, 0.2) is 5.82 Å². The highest BCUT2D eigenvalue weighted by molar-refractivity contribution is 5.33. The van der Waals surface area contributed by atoms with E-state index in [4.69, 9.17) is 0 Å². The van der Waals surface area contributed by atoms with Gasteiger partial charge in [0.1, 0.15) is 0 Å². The van der Waals surface area contributed by atoms with Gasteiger partial charge >= 0.3 is 11.1 Å². The molecule has 0 radical (unpaired) electrons. The number of nitrogens with zero attached hydrogens (tertiary/aromatic N) is 2. The maximum Gasteiger partial charge on any atom is 0.324 e. The van der Waals surface area contributed by atoms with E-state index >= 15 is 0 Å². The summed E-state index contributed by atoms with van der Waals surface area (Å²) in [7, 11) is 0. The van der Waals surface area contributed by atoms with Crippen LogP contribution in [0.5, 0.6) is 0 Å². The standard InChI is InChI=1S/C8H7N3O/c1-6-9-8(12)7-4-2-3-5-11(7)10-6/h2-5H,1H3/p+1. The molecule has 0 atom stereocenters. The topological polar surface area (TPSA) is 49.9 Å². The predicted octanol–water partition coefficient (Wildman–Crippen LogP) is -0.183. The Morgan fingerprint density at radius 2 is 2.33 bits per heavy atom. The number of hydrogen-bond donors (Lipinski definition) is 1. The monoisotopic (exact) mass is 162 g/mol. The molecule has 0 saturated carbocycles. The third-order valence-corrected chi connectivity index (χ3v) is 1.62. The zero-order valence-electron chi connectivity index (χ0n) is 6.61. The summed E-state index contributed by atoms with van der Waals surface area (Å²) in [4.78, 5) is 13.9. The molecule has 0 aromatic carbocycles. The van der Waals surface area contributed by atoms with Crippen LogP contribution in [0.1, 0.15) is 5.82 Å². The Morgan fingerprint density at radius 1 is 1.50 bits per heavy atom. The first-order chi connectivity index (χ1) is 5.77. The van der Waals surface area contributed by atoms with Gasteiger partial charge < -0.3 is 4.98 Å². The van der Waals surface area contributed by atoms with Crippen LogP contribution in [0.3, 0.4) is 0 Å². The SMILES string of the molecule is Cc1n[n+]2ccccc2c(=O)[nH]1. The maximum absolute atomic E-state index is 11.3. The van der Waals surface area contributed by atoms with E-state index in [0.29, 0.717) is 11.3 Å². The van der Waals surface area contributed by atoms with Crippen molar-refractivity contribution in [1.29, 1.82) is 0 Å². The van der Waals surface area contributed by atoms with Gasteiger partial charge in [-0.25, -0.2) is 0 Å². The van der Waals surface area contributed by atoms with E-state index in [-0.39, 0.29) is 5.56 Å². The lowest BCUT2D eigenvalue weighted by atomic mass is 10.4. The van der Waals surface area contributed by atoms with E-state index in [9.17, 15) is 4.79 Å². The Bertz CT molecular complexity index is 475. The van der Waals surface area contributed by atoms with Crippen LogP contribution in [-0.4, -0.2) is 10.1 Å². The molecule has 12 heavy (non-hydrogen) atoms. The van der Waals surface area contributed by atoms with Crippen LogP contribution in [0.4, 0.5) is 0 Å². The molecule has 0 aliphatic heterocycles. The zero-order valence-corrected chi connectivity index (χ0v) is 6.61. The molecule has 4 nitrogen and oxygen atoms in total. The molecule has 0 saturated heterocycles. The van der Waals surface area contributed by atoms with Gasteiger partial charge in [-0.2, -0.15) is 0 Å². The number of hydrogen-bond acceptors (Lipinski definition) is 2. The zero-order chi connectivity index (χ0) is 8.55. The van der Waals surface area contributed by atoms with Crippen molar-refractivity contribution < 1.29 is 4.52 Å². The van der Waals surface area contributed by atoms with Gasteiger partial charge in [0.05, 0.1) is 0 Å². The van der Waals surface area contributed by atoms with Crippen molar-refractivity contribution in [3.8, 4) is 0 Å². The second-order valence-corrected chi connectivity index (χ2v) is 2.57. The van der Waals surface area contributed by atoms with E-state index in [1.807, 2.05) is 12.1 Å². The summed E-state index contributed by atoms with van der Waals surface area (Å²) in [6.07, 6.45) is 1.75. The predicted molar refractivity (Wildman–Crippen MR) is 42.8 cm³/mol. The van der Waals surface area contributed by atoms with Crippen molar-refractivity contribution in [3.05, 3.63) is 40.6 Å². The molecule has 2 heterocycles. The molecular weight excluding hydrogens is 154 g/mol. The lowest BCUT2D eigenvalue weighted by Crippen LogP contribution is -2.34. The van der Waals surface area contributed by atoms with Crippen LogP contribution in [0.15, 0.2) is 29.2 Å². The maximum atomic E-state index is 11.3. The summed E-state index contributed by atoms with van der Waals surface area (Å²) >= 11 is 0. The molecule has 60 valence electrons. The smallest absolute Gasteiger partial charge is 0.300 e. The normalized spacial score (nSPS) is 10.4. The fraction of sp³-hybridized carbons (Fsp3) is 0.125. The van der Waals surface area contributed by atoms with Crippen LogP contribution >= 0.6 is 0 Å². The van der Waals surface area contributed by atoms with Crippen LogP contribution < -0.4 is 10.1 Å². The van der Waals surface area contributed by atoms with Gasteiger partial charge in [-0.3, -0.25) is 4.79 Å². The number of rotatable bonds is 0. The molecule has 0 aliphatic rings. The highest BCUT2D eigenvalue weighted by Crippen LogP contribution is 1.84. The van der Waals surface area contributed by atoms with Gasteiger partial charge in [0, 0.05) is 24.2 Å². The number of pyridine rings is 1. The van der Waals surface area contributed by atoms with E-state index in [0.717, 1.165) is 0 Å². The fourth-order valence-electron chi connectivity index (χ4n) is 1.12. The molecule has 0 aliphatic carbocycles. The Hall–Kier alpha value is -1.71. The average Bonchev–Trinajstić information content (AvgIpc) is 2.04. The van der Waals surface area contributed by atoms with Crippen molar-refractivity contribution in [2.24, 2.45) is 0 Å². The molecule has 0 fully saturated rings. The molecule has 0 amide bonds. The van der Waals surface area contributed by atoms with E-state index < -0.39 is 0 Å². The summed E-state index contributed by atoms with van der Waals surface area (Å²) in [5, 5.41) is 4.10. The van der Waals surface area contributed by atoms with Crippen molar-refractivity contribution in [3.63, 3.8) is 0 Å². The second-order valence-electron chi connectivity index (χ2n) is 2.57. The van der Waals surface area contributed by atoms with Crippen molar-refractivity contribution in [2.45, 2.75) is 6.92 Å². The summed E-state index contributed by atoms with van der Waals surface area (Å²) in [5.41, 5.74) is 0.450. The van der Waals surface area contributed by atoms with Gasteiger partial charge in [0.2, 0.25) is 6.20 Å². The lowest BCUT2D eigenvalue weighted by molar-refractivity contribution is -0.583. The van der Waals surface area contributed by atoms with Crippen LogP contribution in [0, 0.1) is 6.92 Å². The number of aromatic nitrogens is 3. The number of aryl methyl sites for hydroxylation is 1. The third-order valence-electron chi connectivity index (χ3n) is 1.62. The Balaban J connectivity index is 2.99. The van der Waals surface area contributed by atoms with Gasteiger partial charge in [-0.1, -0.05) is 0 Å². The number of fused-ring (bicyclic) bond motifs is 1. The van der Waals surface area contributed by atoms with Crippen molar-refractivity contribution in [1.82, 2.24) is 10.1 Å². The minimum Gasteiger partial charge on any atom is -0.300 e. The number of aromatic amines is 1. The van der Waals surface area contributed by atoms with Gasteiger partial charge in [0.25, 0.3) is 0 Å². The van der Waals surface area contributed by atoms with Gasteiger partial charge in [-0.15, -0.1) is 0 Å². The number of H-pyrrole nitrogens is 1. The molecule has 2 aromatic rings. The molecule has 0 unspecified atom stereocenters. The summed E-state index contributed by atoms with van der Waals surface area (Å²) in [6, 6.07) is 5.37. The van der Waals surface area contributed by atoms with Crippen LogP contribution in [0.25, 0.3) is 5.52 Å². The van der Waals surface area contributed by atoms with E-state index in [1.165, 1.54) is 0 Å². The molecule has 2 rings (SSSR count). The second kappa shape index (κ2) is 2.41. The summed E-state index contributed by atoms with van der Waals surface area (Å²) < 4.78 is 1.56. The van der Waals surface area contributed by atoms with Crippen molar-refractivity contribution in [2.75, 3.05) is 0 Å². The average molecular weight is 162 g/mol. The van der Waals surface area contributed by atoms with Crippen molar-refractivity contribution >= 4 is 5.52 Å². The Kier molecular flexibility index (Phi) is 1.40. The third kappa shape index (κ3) is 0.972. The summed E-state index contributed by atoms with van der Waals surface area (Å²) in [5.74, 6) is 0.615. The minimum atomic E-state index is -0.108. The Morgan fingerprint density at radius 3 is 3.17 bits per heavy atom. The first-order valence-corrected chi connectivity index (χ1v) is 3.65. The fourth-order valence-corrected chi connectivity index (χ4v) is 1.12. The molecule has 2 aromatic heterocycles. The van der Waals surface area contributed by atoms with Gasteiger partial charge in [-0.05, 0) is 10.6 Å². The largest absolute Gasteiger partial charge is 0.324 e. The molecule has 0 spiro atoms. The lowest BCUT2D eigenvalue weighted by Gasteiger charge is -1.88. The highest BCUT2D eigenvalue weighted by atomic mass is 16.1. The quantitative estimate of drug-likeness (QED) is 0.546.